The van der Waals surface area contributed by atoms with Crippen molar-refractivity contribution in [3.8, 4) is 0 Å². The summed E-state index contributed by atoms with van der Waals surface area (Å²) in [5.41, 5.74) is 1.81. The van der Waals surface area contributed by atoms with Crippen molar-refractivity contribution in [3.05, 3.63) is 47.3 Å². The fourth-order valence-corrected chi connectivity index (χ4v) is 2.82. The zero-order valence-corrected chi connectivity index (χ0v) is 13.8. The van der Waals surface area contributed by atoms with E-state index in [-0.39, 0.29) is 12.4 Å². The second-order valence-electron chi connectivity index (χ2n) is 5.11. The molecule has 0 aliphatic carbocycles. The SMILES string of the molecule is CCN(CC)c1ncnc2c1ncn2Cc1c(F)cccc1Cl. The van der Waals surface area contributed by atoms with Gasteiger partial charge < -0.3 is 9.47 Å². The highest BCUT2D eigenvalue weighted by molar-refractivity contribution is 6.31. The number of hydrogen-bond acceptors (Lipinski definition) is 4. The third kappa shape index (κ3) is 2.86. The molecule has 3 rings (SSSR count). The average molecular weight is 334 g/mol. The highest BCUT2D eigenvalue weighted by Gasteiger charge is 2.15. The van der Waals surface area contributed by atoms with Crippen LogP contribution < -0.4 is 4.90 Å². The number of halogens is 2. The van der Waals surface area contributed by atoms with Crippen LogP contribution in [0.25, 0.3) is 11.2 Å². The van der Waals surface area contributed by atoms with Crippen LogP contribution in [-0.2, 0) is 6.54 Å². The van der Waals surface area contributed by atoms with E-state index in [0.29, 0.717) is 21.7 Å². The fraction of sp³-hybridized carbons (Fsp3) is 0.312. The Morgan fingerprint density at radius 1 is 1.17 bits per heavy atom. The van der Waals surface area contributed by atoms with Gasteiger partial charge in [-0.15, -0.1) is 0 Å². The molecule has 0 aliphatic heterocycles. The lowest BCUT2D eigenvalue weighted by molar-refractivity contribution is 0.601. The van der Waals surface area contributed by atoms with E-state index in [2.05, 4.69) is 33.7 Å². The third-order valence-electron chi connectivity index (χ3n) is 3.84. The molecule has 0 aliphatic rings. The van der Waals surface area contributed by atoms with Gasteiger partial charge in [0.05, 0.1) is 12.9 Å². The molecule has 0 atom stereocenters. The lowest BCUT2D eigenvalue weighted by Gasteiger charge is -2.19. The van der Waals surface area contributed by atoms with Gasteiger partial charge in [0.1, 0.15) is 12.1 Å². The predicted octanol–water partition coefficient (Wildman–Crippen LogP) is 3.51. The molecule has 0 saturated carbocycles. The Bertz CT molecular complexity index is 808. The zero-order valence-electron chi connectivity index (χ0n) is 13.0. The summed E-state index contributed by atoms with van der Waals surface area (Å²) in [5.74, 6) is 0.454. The number of hydrogen-bond donors (Lipinski definition) is 0. The van der Waals surface area contributed by atoms with Crippen molar-refractivity contribution in [2.75, 3.05) is 18.0 Å². The molecule has 0 saturated heterocycles. The molecule has 3 aromatic rings. The van der Waals surface area contributed by atoms with Crippen molar-refractivity contribution in [1.82, 2.24) is 19.5 Å². The number of rotatable bonds is 5. The summed E-state index contributed by atoms with van der Waals surface area (Å²) in [4.78, 5) is 15.2. The topological polar surface area (TPSA) is 46.8 Å². The van der Waals surface area contributed by atoms with Crippen molar-refractivity contribution in [3.63, 3.8) is 0 Å². The first-order chi connectivity index (χ1) is 11.2. The van der Waals surface area contributed by atoms with Crippen molar-refractivity contribution < 1.29 is 4.39 Å². The van der Waals surface area contributed by atoms with Gasteiger partial charge in [-0.3, -0.25) is 0 Å². The molecule has 0 bridgehead atoms. The average Bonchev–Trinajstić information content (AvgIpc) is 2.96. The van der Waals surface area contributed by atoms with E-state index in [1.807, 2.05) is 0 Å². The first-order valence-electron chi connectivity index (χ1n) is 7.49. The Labute approximate surface area is 138 Å². The molecule has 0 radical (unpaired) electrons. The maximum Gasteiger partial charge on any atom is 0.165 e. The molecule has 23 heavy (non-hydrogen) atoms. The van der Waals surface area contributed by atoms with E-state index in [4.69, 9.17) is 11.6 Å². The van der Waals surface area contributed by atoms with Crippen LogP contribution >= 0.6 is 11.6 Å². The summed E-state index contributed by atoms with van der Waals surface area (Å²) in [5, 5.41) is 0.393. The summed E-state index contributed by atoms with van der Waals surface area (Å²) in [7, 11) is 0. The van der Waals surface area contributed by atoms with Crippen LogP contribution in [0.4, 0.5) is 10.2 Å². The maximum atomic E-state index is 14.0. The van der Waals surface area contributed by atoms with Gasteiger partial charge >= 0.3 is 0 Å². The van der Waals surface area contributed by atoms with Gasteiger partial charge in [-0.1, -0.05) is 17.7 Å². The Morgan fingerprint density at radius 3 is 2.65 bits per heavy atom. The minimum absolute atomic E-state index is 0.275. The molecule has 0 N–H and O–H groups in total. The first-order valence-corrected chi connectivity index (χ1v) is 7.87. The van der Waals surface area contributed by atoms with Gasteiger partial charge in [0.2, 0.25) is 0 Å². The van der Waals surface area contributed by atoms with Gasteiger partial charge in [-0.05, 0) is 26.0 Å². The second-order valence-corrected chi connectivity index (χ2v) is 5.52. The van der Waals surface area contributed by atoms with Gasteiger partial charge in [0.25, 0.3) is 0 Å². The molecule has 2 aromatic heterocycles. The lowest BCUT2D eigenvalue weighted by atomic mass is 10.2. The van der Waals surface area contributed by atoms with Crippen molar-refractivity contribution in [2.24, 2.45) is 0 Å². The third-order valence-corrected chi connectivity index (χ3v) is 4.19. The number of nitrogens with zero attached hydrogens (tertiary/aromatic N) is 5. The number of aromatic nitrogens is 4. The van der Waals surface area contributed by atoms with E-state index in [0.717, 1.165) is 18.9 Å². The molecule has 7 heteroatoms. The highest BCUT2D eigenvalue weighted by Crippen LogP contribution is 2.24. The van der Waals surface area contributed by atoms with Crippen molar-refractivity contribution in [1.29, 1.82) is 0 Å². The maximum absolute atomic E-state index is 14.0. The summed E-state index contributed by atoms with van der Waals surface area (Å²) in [6.07, 6.45) is 3.16. The highest BCUT2D eigenvalue weighted by atomic mass is 35.5. The quantitative estimate of drug-likeness (QED) is 0.717. The van der Waals surface area contributed by atoms with Crippen LogP contribution in [-0.4, -0.2) is 32.6 Å². The zero-order chi connectivity index (χ0) is 16.4. The van der Waals surface area contributed by atoms with E-state index >= 15 is 0 Å². The summed E-state index contributed by atoms with van der Waals surface area (Å²) < 4.78 is 15.8. The molecule has 0 amide bonds. The number of fused-ring (bicyclic) bond motifs is 1. The molecule has 5 nitrogen and oxygen atoms in total. The fourth-order valence-electron chi connectivity index (χ4n) is 2.59. The summed E-state index contributed by atoms with van der Waals surface area (Å²) >= 11 is 6.11. The Kier molecular flexibility index (Phi) is 4.43. The molecule has 0 unspecified atom stereocenters. The van der Waals surface area contributed by atoms with Crippen LogP contribution in [0.2, 0.25) is 5.02 Å². The van der Waals surface area contributed by atoms with E-state index < -0.39 is 0 Å². The van der Waals surface area contributed by atoms with Gasteiger partial charge in [0, 0.05) is 23.7 Å². The van der Waals surface area contributed by atoms with Crippen molar-refractivity contribution in [2.45, 2.75) is 20.4 Å². The largest absolute Gasteiger partial charge is 0.355 e. The van der Waals surface area contributed by atoms with Crippen LogP contribution in [0.15, 0.2) is 30.9 Å². The Hall–Kier alpha value is -2.21. The van der Waals surface area contributed by atoms with Crippen LogP contribution in [0.3, 0.4) is 0 Å². The van der Waals surface area contributed by atoms with Crippen LogP contribution in [0.1, 0.15) is 19.4 Å². The molecule has 0 fully saturated rings. The van der Waals surface area contributed by atoms with E-state index in [9.17, 15) is 4.39 Å². The lowest BCUT2D eigenvalue weighted by Crippen LogP contribution is -2.23. The molecule has 2 heterocycles. The summed E-state index contributed by atoms with van der Waals surface area (Å²) in [6.45, 7) is 6.06. The van der Waals surface area contributed by atoms with Gasteiger partial charge in [0.15, 0.2) is 17.0 Å². The Morgan fingerprint density at radius 2 is 1.96 bits per heavy atom. The van der Waals surface area contributed by atoms with Crippen LogP contribution in [0.5, 0.6) is 0 Å². The molecule has 1 aromatic carbocycles. The second kappa shape index (κ2) is 6.50. The Balaban J connectivity index is 2.05. The number of benzene rings is 1. The van der Waals surface area contributed by atoms with Crippen LogP contribution in [0, 0.1) is 5.82 Å². The smallest absolute Gasteiger partial charge is 0.165 e. The predicted molar refractivity (Wildman–Crippen MR) is 89.4 cm³/mol. The van der Waals surface area contributed by atoms with E-state index in [1.54, 1.807) is 23.0 Å². The normalized spacial score (nSPS) is 11.1. The van der Waals surface area contributed by atoms with Gasteiger partial charge in [-0.2, -0.15) is 0 Å². The molecular formula is C16H17ClFN5. The minimum atomic E-state index is -0.336. The molecule has 0 spiro atoms. The van der Waals surface area contributed by atoms with Crippen molar-refractivity contribution >= 4 is 28.6 Å². The van der Waals surface area contributed by atoms with E-state index in [1.165, 1.54) is 12.4 Å². The standard InChI is InChI=1S/C16H17ClFN5/c1-3-22(4-2)15-14-16(20-9-19-15)23(10-21-14)8-11-12(17)6-5-7-13(11)18/h5-7,9-10H,3-4,8H2,1-2H3. The monoisotopic (exact) mass is 333 g/mol. The number of anilines is 1. The first kappa shape index (κ1) is 15.7. The molecular weight excluding hydrogens is 317 g/mol. The summed E-state index contributed by atoms with van der Waals surface area (Å²) in [6, 6.07) is 4.67. The number of imidazole rings is 1. The van der Waals surface area contributed by atoms with Gasteiger partial charge in [-0.25, -0.2) is 19.3 Å². The minimum Gasteiger partial charge on any atom is -0.355 e. The molecule has 120 valence electrons.